The molecule has 0 bridgehead atoms. The molecule has 1 fully saturated rings. The van der Waals surface area contributed by atoms with E-state index in [0.717, 1.165) is 25.9 Å². The number of hydrogen-bond donors (Lipinski definition) is 2. The number of carboxylic acids is 1. The van der Waals surface area contributed by atoms with Crippen molar-refractivity contribution in [1.29, 1.82) is 0 Å². The Morgan fingerprint density at radius 1 is 1.47 bits per heavy atom. The van der Waals surface area contributed by atoms with Crippen LogP contribution in [0.2, 0.25) is 0 Å². The van der Waals surface area contributed by atoms with E-state index in [0.29, 0.717) is 13.0 Å². The van der Waals surface area contributed by atoms with Gasteiger partial charge in [0, 0.05) is 25.6 Å². The van der Waals surface area contributed by atoms with Crippen molar-refractivity contribution < 1.29 is 14.7 Å². The van der Waals surface area contributed by atoms with E-state index in [9.17, 15) is 9.59 Å². The van der Waals surface area contributed by atoms with Crippen LogP contribution in [0.15, 0.2) is 0 Å². The maximum absolute atomic E-state index is 11.2. The summed E-state index contributed by atoms with van der Waals surface area (Å²) in [5.41, 5.74) is 0. The third-order valence-corrected chi connectivity index (χ3v) is 2.83. The van der Waals surface area contributed by atoms with Crippen molar-refractivity contribution in [3.63, 3.8) is 0 Å². The number of rotatable bonds is 5. The van der Waals surface area contributed by atoms with Crippen LogP contribution in [0, 0.1) is 0 Å². The molecule has 0 spiro atoms. The third kappa shape index (κ3) is 6.48. The Morgan fingerprint density at radius 2 is 2.18 bits per heavy atom. The Morgan fingerprint density at radius 3 is 2.76 bits per heavy atom. The Kier molecular flexibility index (Phi) is 7.91. The molecule has 1 amide bonds. The number of amides is 1. The molecular formula is C11H21ClN2O3. The van der Waals surface area contributed by atoms with Gasteiger partial charge in [-0.15, -0.1) is 12.4 Å². The van der Waals surface area contributed by atoms with E-state index < -0.39 is 5.97 Å². The van der Waals surface area contributed by atoms with Crippen LogP contribution < -0.4 is 5.32 Å². The molecule has 1 unspecified atom stereocenters. The highest BCUT2D eigenvalue weighted by Crippen LogP contribution is 2.10. The average Bonchev–Trinajstić information content (AvgIpc) is 2.26. The number of likely N-dealkylation sites (tertiary alicyclic amines) is 1. The summed E-state index contributed by atoms with van der Waals surface area (Å²) in [7, 11) is 0. The first-order chi connectivity index (χ1) is 7.61. The highest BCUT2D eigenvalue weighted by molar-refractivity contribution is 5.85. The molecule has 1 saturated heterocycles. The van der Waals surface area contributed by atoms with Gasteiger partial charge in [0.25, 0.3) is 0 Å². The molecule has 1 aliphatic heterocycles. The Bertz CT molecular complexity index is 261. The fourth-order valence-electron chi connectivity index (χ4n) is 1.96. The van der Waals surface area contributed by atoms with Crippen LogP contribution in [0.1, 0.15) is 32.6 Å². The van der Waals surface area contributed by atoms with E-state index in [1.165, 1.54) is 0 Å². The first-order valence-electron chi connectivity index (χ1n) is 5.85. The van der Waals surface area contributed by atoms with Gasteiger partial charge in [-0.1, -0.05) is 6.92 Å². The number of hydrogen-bond acceptors (Lipinski definition) is 3. The molecule has 100 valence electrons. The molecule has 1 heterocycles. The Balaban J connectivity index is 0.00000256. The van der Waals surface area contributed by atoms with Crippen molar-refractivity contribution in [2.75, 3.05) is 19.6 Å². The summed E-state index contributed by atoms with van der Waals surface area (Å²) in [6, 6.07) is 0.190. The van der Waals surface area contributed by atoms with Gasteiger partial charge in [-0.05, 0) is 19.4 Å². The van der Waals surface area contributed by atoms with Crippen molar-refractivity contribution in [2.24, 2.45) is 0 Å². The molecule has 0 saturated carbocycles. The second-order valence-corrected chi connectivity index (χ2v) is 4.20. The molecule has 0 aromatic rings. The van der Waals surface area contributed by atoms with Crippen LogP contribution in [0.25, 0.3) is 0 Å². The van der Waals surface area contributed by atoms with Crippen molar-refractivity contribution in [1.82, 2.24) is 10.2 Å². The van der Waals surface area contributed by atoms with Gasteiger partial charge >= 0.3 is 5.97 Å². The molecule has 1 rings (SSSR count). The summed E-state index contributed by atoms with van der Waals surface area (Å²) in [4.78, 5) is 23.8. The molecule has 17 heavy (non-hydrogen) atoms. The largest absolute Gasteiger partial charge is 0.481 e. The quantitative estimate of drug-likeness (QED) is 0.773. The van der Waals surface area contributed by atoms with Crippen LogP contribution in [-0.2, 0) is 9.59 Å². The fourth-order valence-corrected chi connectivity index (χ4v) is 1.96. The molecule has 1 atom stereocenters. The standard InChI is InChI=1S/C11H20N2O3.ClH/c1-2-10(14)12-9-4-3-6-13(8-9)7-5-11(15)16;/h9H,2-8H2,1H3,(H,12,14)(H,15,16);1H. The molecule has 5 nitrogen and oxygen atoms in total. The second kappa shape index (κ2) is 8.31. The zero-order valence-corrected chi connectivity index (χ0v) is 11.0. The summed E-state index contributed by atoms with van der Waals surface area (Å²) in [6.45, 7) is 4.12. The average molecular weight is 265 g/mol. The SMILES string of the molecule is CCC(=O)NC1CCCN(CCC(=O)O)C1.Cl. The summed E-state index contributed by atoms with van der Waals surface area (Å²) in [6.07, 6.45) is 2.70. The van der Waals surface area contributed by atoms with Gasteiger partial charge in [0.2, 0.25) is 5.91 Å². The monoisotopic (exact) mass is 264 g/mol. The highest BCUT2D eigenvalue weighted by Gasteiger charge is 2.20. The predicted octanol–water partition coefficient (Wildman–Crippen LogP) is 0.873. The van der Waals surface area contributed by atoms with Gasteiger partial charge in [0.15, 0.2) is 0 Å². The first kappa shape index (κ1) is 16.2. The van der Waals surface area contributed by atoms with Gasteiger partial charge in [-0.25, -0.2) is 0 Å². The van der Waals surface area contributed by atoms with E-state index in [4.69, 9.17) is 5.11 Å². The molecule has 0 aromatic heterocycles. The fraction of sp³-hybridized carbons (Fsp3) is 0.818. The number of carboxylic acid groups (broad SMARTS) is 1. The summed E-state index contributed by atoms with van der Waals surface area (Å²) >= 11 is 0. The Labute approximate surface area is 108 Å². The van der Waals surface area contributed by atoms with Crippen molar-refractivity contribution >= 4 is 24.3 Å². The zero-order valence-electron chi connectivity index (χ0n) is 10.1. The highest BCUT2D eigenvalue weighted by atomic mass is 35.5. The maximum atomic E-state index is 11.2. The number of piperidine rings is 1. The van der Waals surface area contributed by atoms with Gasteiger partial charge < -0.3 is 15.3 Å². The molecule has 0 radical (unpaired) electrons. The lowest BCUT2D eigenvalue weighted by Crippen LogP contribution is -2.47. The lowest BCUT2D eigenvalue weighted by molar-refractivity contribution is -0.137. The molecule has 1 aliphatic rings. The minimum Gasteiger partial charge on any atom is -0.481 e. The number of nitrogens with zero attached hydrogens (tertiary/aromatic N) is 1. The lowest BCUT2D eigenvalue weighted by atomic mass is 10.1. The molecule has 6 heteroatoms. The molecule has 0 aromatic carbocycles. The molecule has 0 aliphatic carbocycles. The van der Waals surface area contributed by atoms with Gasteiger partial charge in [0.05, 0.1) is 6.42 Å². The second-order valence-electron chi connectivity index (χ2n) is 4.20. The summed E-state index contributed by atoms with van der Waals surface area (Å²) in [5, 5.41) is 11.6. The lowest BCUT2D eigenvalue weighted by Gasteiger charge is -2.32. The number of carbonyl (C=O) groups excluding carboxylic acids is 1. The van der Waals surface area contributed by atoms with Crippen LogP contribution in [0.4, 0.5) is 0 Å². The van der Waals surface area contributed by atoms with Crippen molar-refractivity contribution in [2.45, 2.75) is 38.6 Å². The van der Waals surface area contributed by atoms with Crippen LogP contribution in [-0.4, -0.2) is 47.6 Å². The van der Waals surface area contributed by atoms with Crippen molar-refractivity contribution in [3.05, 3.63) is 0 Å². The summed E-state index contributed by atoms with van der Waals surface area (Å²) < 4.78 is 0. The topological polar surface area (TPSA) is 69.6 Å². The Hall–Kier alpha value is -0.810. The van der Waals surface area contributed by atoms with Crippen LogP contribution >= 0.6 is 12.4 Å². The third-order valence-electron chi connectivity index (χ3n) is 2.83. The number of carbonyl (C=O) groups is 2. The maximum Gasteiger partial charge on any atom is 0.304 e. The van der Waals surface area contributed by atoms with Crippen LogP contribution in [0.5, 0.6) is 0 Å². The van der Waals surface area contributed by atoms with E-state index in [1.807, 2.05) is 6.92 Å². The summed E-state index contributed by atoms with van der Waals surface area (Å²) in [5.74, 6) is -0.690. The molecular weight excluding hydrogens is 244 g/mol. The number of halogens is 1. The minimum atomic E-state index is -0.764. The van der Waals surface area contributed by atoms with E-state index in [2.05, 4.69) is 10.2 Å². The predicted molar refractivity (Wildman–Crippen MR) is 67.4 cm³/mol. The van der Waals surface area contributed by atoms with Gasteiger partial charge in [0.1, 0.15) is 0 Å². The van der Waals surface area contributed by atoms with Gasteiger partial charge in [-0.2, -0.15) is 0 Å². The molecule has 2 N–H and O–H groups in total. The minimum absolute atomic E-state index is 0. The van der Waals surface area contributed by atoms with E-state index >= 15 is 0 Å². The van der Waals surface area contributed by atoms with Gasteiger partial charge in [-0.3, -0.25) is 9.59 Å². The van der Waals surface area contributed by atoms with E-state index in [-0.39, 0.29) is 30.8 Å². The first-order valence-corrected chi connectivity index (χ1v) is 5.85. The number of nitrogens with one attached hydrogen (secondary N) is 1. The number of aliphatic carboxylic acids is 1. The van der Waals surface area contributed by atoms with Crippen molar-refractivity contribution in [3.8, 4) is 0 Å². The zero-order chi connectivity index (χ0) is 12.0. The van der Waals surface area contributed by atoms with E-state index in [1.54, 1.807) is 0 Å². The smallest absolute Gasteiger partial charge is 0.304 e. The van der Waals surface area contributed by atoms with Crippen LogP contribution in [0.3, 0.4) is 0 Å². The normalized spacial score (nSPS) is 20.4.